The van der Waals surface area contributed by atoms with Crippen molar-refractivity contribution in [2.24, 2.45) is 11.8 Å². The summed E-state index contributed by atoms with van der Waals surface area (Å²) in [6.45, 7) is 7.35. The first-order chi connectivity index (χ1) is 9.86. The molecule has 1 N–H and O–H groups in total. The zero-order valence-corrected chi connectivity index (χ0v) is 14.6. The molecule has 0 saturated carbocycles. The molecule has 1 saturated heterocycles. The SMILES string of the molecule is Cc1sc(CO)cc1S(=O)(=O)N1CCCC(C(C)C)CC1. The third kappa shape index (κ3) is 3.67. The van der Waals surface area contributed by atoms with Crippen molar-refractivity contribution in [3.05, 3.63) is 15.8 Å². The largest absolute Gasteiger partial charge is 0.391 e. The van der Waals surface area contributed by atoms with E-state index in [1.807, 2.05) is 6.92 Å². The van der Waals surface area contributed by atoms with Gasteiger partial charge in [0.05, 0.1) is 11.5 Å². The van der Waals surface area contributed by atoms with Gasteiger partial charge >= 0.3 is 0 Å². The minimum Gasteiger partial charge on any atom is -0.391 e. The van der Waals surface area contributed by atoms with E-state index < -0.39 is 10.0 Å². The molecule has 1 aliphatic heterocycles. The molecule has 0 amide bonds. The predicted molar refractivity (Wildman–Crippen MR) is 85.9 cm³/mol. The van der Waals surface area contributed by atoms with Crippen LogP contribution in [0.1, 0.15) is 42.9 Å². The number of aliphatic hydroxyl groups excluding tert-OH is 1. The highest BCUT2D eigenvalue weighted by atomic mass is 32.2. The fraction of sp³-hybridized carbons (Fsp3) is 0.733. The maximum absolute atomic E-state index is 12.8. The Morgan fingerprint density at radius 1 is 1.38 bits per heavy atom. The van der Waals surface area contributed by atoms with Gasteiger partial charge in [-0.3, -0.25) is 0 Å². The first-order valence-corrected chi connectivity index (χ1v) is 9.82. The van der Waals surface area contributed by atoms with Gasteiger partial charge in [-0.05, 0) is 44.1 Å². The molecular formula is C15H25NO3S2. The summed E-state index contributed by atoms with van der Waals surface area (Å²) in [7, 11) is -3.42. The van der Waals surface area contributed by atoms with Crippen LogP contribution in [-0.4, -0.2) is 30.9 Å². The monoisotopic (exact) mass is 331 g/mol. The maximum Gasteiger partial charge on any atom is 0.244 e. The van der Waals surface area contributed by atoms with Crippen LogP contribution in [0.15, 0.2) is 11.0 Å². The third-order valence-electron chi connectivity index (χ3n) is 4.37. The average Bonchev–Trinajstić information content (AvgIpc) is 2.65. The van der Waals surface area contributed by atoms with Crippen LogP contribution in [-0.2, 0) is 16.6 Å². The average molecular weight is 332 g/mol. The lowest BCUT2D eigenvalue weighted by Crippen LogP contribution is -2.32. The first-order valence-electron chi connectivity index (χ1n) is 7.56. The van der Waals surface area contributed by atoms with Crippen molar-refractivity contribution >= 4 is 21.4 Å². The summed E-state index contributed by atoms with van der Waals surface area (Å²) in [5, 5.41) is 9.19. The molecule has 21 heavy (non-hydrogen) atoms. The molecule has 1 unspecified atom stereocenters. The molecule has 0 aliphatic carbocycles. The molecule has 2 heterocycles. The van der Waals surface area contributed by atoms with E-state index in [0.29, 0.717) is 34.7 Å². The van der Waals surface area contributed by atoms with Gasteiger partial charge < -0.3 is 5.11 Å². The fourth-order valence-electron chi connectivity index (χ4n) is 3.00. The number of aliphatic hydroxyl groups is 1. The molecule has 1 aliphatic rings. The van der Waals surface area contributed by atoms with Crippen LogP contribution in [0.2, 0.25) is 0 Å². The Morgan fingerprint density at radius 3 is 2.67 bits per heavy atom. The molecule has 0 bridgehead atoms. The smallest absolute Gasteiger partial charge is 0.244 e. The molecule has 0 aromatic carbocycles. The van der Waals surface area contributed by atoms with Crippen molar-refractivity contribution < 1.29 is 13.5 Å². The summed E-state index contributed by atoms with van der Waals surface area (Å²) in [6, 6.07) is 1.63. The van der Waals surface area contributed by atoms with Crippen LogP contribution in [0.5, 0.6) is 0 Å². The van der Waals surface area contributed by atoms with E-state index >= 15 is 0 Å². The van der Waals surface area contributed by atoms with Crippen molar-refractivity contribution in [2.75, 3.05) is 13.1 Å². The number of thiophene rings is 1. The topological polar surface area (TPSA) is 57.6 Å². The molecule has 6 heteroatoms. The number of rotatable bonds is 4. The van der Waals surface area contributed by atoms with Gasteiger partial charge in [-0.25, -0.2) is 8.42 Å². The van der Waals surface area contributed by atoms with E-state index in [9.17, 15) is 13.5 Å². The van der Waals surface area contributed by atoms with Crippen LogP contribution in [0.4, 0.5) is 0 Å². The van der Waals surface area contributed by atoms with Gasteiger partial charge in [0.15, 0.2) is 0 Å². The van der Waals surface area contributed by atoms with Crippen LogP contribution >= 0.6 is 11.3 Å². The number of aryl methyl sites for hydroxylation is 1. The maximum atomic E-state index is 12.8. The molecule has 1 aromatic heterocycles. The molecule has 1 fully saturated rings. The van der Waals surface area contributed by atoms with E-state index in [-0.39, 0.29) is 6.61 Å². The van der Waals surface area contributed by atoms with Gasteiger partial charge in [0.1, 0.15) is 0 Å². The third-order valence-corrected chi connectivity index (χ3v) is 7.56. The summed E-state index contributed by atoms with van der Waals surface area (Å²) >= 11 is 1.36. The van der Waals surface area contributed by atoms with Crippen molar-refractivity contribution in [3.63, 3.8) is 0 Å². The van der Waals surface area contributed by atoms with E-state index in [0.717, 1.165) is 24.1 Å². The second kappa shape index (κ2) is 6.77. The molecule has 1 atom stereocenters. The highest BCUT2D eigenvalue weighted by Crippen LogP contribution is 2.31. The van der Waals surface area contributed by atoms with E-state index in [2.05, 4.69) is 13.8 Å². The normalized spacial score (nSPS) is 21.7. The van der Waals surface area contributed by atoms with Gasteiger partial charge in [0.25, 0.3) is 0 Å². The second-order valence-corrected chi connectivity index (χ2v) is 9.38. The molecule has 4 nitrogen and oxygen atoms in total. The minimum atomic E-state index is -3.42. The Bertz CT molecular complexity index is 578. The van der Waals surface area contributed by atoms with Crippen molar-refractivity contribution in [2.45, 2.75) is 51.5 Å². The zero-order chi connectivity index (χ0) is 15.6. The minimum absolute atomic E-state index is 0.101. The van der Waals surface area contributed by atoms with E-state index in [1.165, 1.54) is 11.3 Å². The quantitative estimate of drug-likeness (QED) is 0.923. The highest BCUT2D eigenvalue weighted by molar-refractivity contribution is 7.89. The van der Waals surface area contributed by atoms with Gasteiger partial charge in [-0.2, -0.15) is 4.31 Å². The number of sulfonamides is 1. The van der Waals surface area contributed by atoms with Gasteiger partial charge in [0, 0.05) is 22.8 Å². The zero-order valence-electron chi connectivity index (χ0n) is 13.0. The number of hydrogen-bond acceptors (Lipinski definition) is 4. The molecule has 0 spiro atoms. The lowest BCUT2D eigenvalue weighted by molar-refractivity contribution is 0.285. The lowest BCUT2D eigenvalue weighted by atomic mass is 9.89. The first kappa shape index (κ1) is 16.9. The Morgan fingerprint density at radius 2 is 2.10 bits per heavy atom. The Labute approximate surface area is 131 Å². The van der Waals surface area contributed by atoms with Crippen LogP contribution < -0.4 is 0 Å². The fourth-order valence-corrected chi connectivity index (χ4v) is 5.96. The van der Waals surface area contributed by atoms with Crippen LogP contribution in [0.3, 0.4) is 0 Å². The van der Waals surface area contributed by atoms with Crippen molar-refractivity contribution in [1.82, 2.24) is 4.31 Å². The van der Waals surface area contributed by atoms with Crippen LogP contribution in [0, 0.1) is 18.8 Å². The summed E-state index contributed by atoms with van der Waals surface area (Å²) in [6.07, 6.45) is 2.97. The number of nitrogens with zero attached hydrogens (tertiary/aromatic N) is 1. The van der Waals surface area contributed by atoms with Gasteiger partial charge in [-0.1, -0.05) is 13.8 Å². The Kier molecular flexibility index (Phi) is 5.46. The molecule has 2 rings (SSSR count). The molecular weight excluding hydrogens is 306 g/mol. The van der Waals surface area contributed by atoms with Gasteiger partial charge in [0.2, 0.25) is 10.0 Å². The van der Waals surface area contributed by atoms with Crippen molar-refractivity contribution in [3.8, 4) is 0 Å². The molecule has 0 radical (unpaired) electrons. The summed E-state index contributed by atoms with van der Waals surface area (Å²) < 4.78 is 27.3. The van der Waals surface area contributed by atoms with E-state index in [4.69, 9.17) is 0 Å². The number of hydrogen-bond donors (Lipinski definition) is 1. The van der Waals surface area contributed by atoms with Crippen LogP contribution in [0.25, 0.3) is 0 Å². The molecule has 1 aromatic rings. The molecule has 120 valence electrons. The summed E-state index contributed by atoms with van der Waals surface area (Å²) in [5.74, 6) is 1.22. The standard InChI is InChI=1S/C15H25NO3S2/c1-11(2)13-5-4-7-16(8-6-13)21(18,19)15-9-14(10-17)20-12(15)3/h9,11,13,17H,4-8,10H2,1-3H3. The van der Waals surface area contributed by atoms with Gasteiger partial charge in [-0.15, -0.1) is 11.3 Å². The summed E-state index contributed by atoms with van der Waals surface area (Å²) in [4.78, 5) is 1.85. The van der Waals surface area contributed by atoms with Crippen molar-refractivity contribution in [1.29, 1.82) is 0 Å². The Hall–Kier alpha value is -0.430. The highest BCUT2D eigenvalue weighted by Gasteiger charge is 2.30. The van der Waals surface area contributed by atoms with E-state index in [1.54, 1.807) is 10.4 Å². The Balaban J connectivity index is 2.21. The predicted octanol–water partition coefficient (Wildman–Crippen LogP) is 3.00. The lowest BCUT2D eigenvalue weighted by Gasteiger charge is -2.21. The summed E-state index contributed by atoms with van der Waals surface area (Å²) in [5.41, 5.74) is 0. The second-order valence-electron chi connectivity index (χ2n) is 6.13.